The van der Waals surface area contributed by atoms with Crippen LogP contribution in [0.1, 0.15) is 30.1 Å². The molecule has 0 bridgehead atoms. The van der Waals surface area contributed by atoms with Crippen molar-refractivity contribution in [1.82, 2.24) is 4.31 Å². The topological polar surface area (TPSA) is 74.7 Å². The van der Waals surface area contributed by atoms with Gasteiger partial charge in [0.2, 0.25) is 10.0 Å². The number of nitrogens with zero attached hydrogens (tertiary/aromatic N) is 1. The Hall–Kier alpha value is -0.990. The van der Waals surface area contributed by atoms with Crippen molar-refractivity contribution in [2.45, 2.75) is 30.7 Å². The van der Waals surface area contributed by atoms with E-state index in [4.69, 9.17) is 5.11 Å². The van der Waals surface area contributed by atoms with Crippen molar-refractivity contribution in [2.24, 2.45) is 5.92 Å². The van der Waals surface area contributed by atoms with Gasteiger partial charge in [-0.3, -0.25) is 0 Å². The Labute approximate surface area is 130 Å². The van der Waals surface area contributed by atoms with Crippen molar-refractivity contribution >= 4 is 31.9 Å². The number of halogens is 2. The molecule has 0 aliphatic heterocycles. The van der Waals surface area contributed by atoms with Gasteiger partial charge in [0.05, 0.1) is 5.56 Å². The molecule has 116 valence electrons. The zero-order valence-electron chi connectivity index (χ0n) is 11.5. The second kappa shape index (κ2) is 5.66. The first-order valence-corrected chi connectivity index (χ1v) is 8.60. The summed E-state index contributed by atoms with van der Waals surface area (Å²) < 4.78 is 40.6. The monoisotopic (exact) mass is 379 g/mol. The number of hydrogen-bond donors (Lipinski definition) is 1. The molecule has 0 saturated heterocycles. The Balaban J connectivity index is 2.51. The molecule has 0 radical (unpaired) electrons. The third-order valence-electron chi connectivity index (χ3n) is 3.77. The maximum absolute atomic E-state index is 14.2. The van der Waals surface area contributed by atoms with Crippen molar-refractivity contribution in [3.63, 3.8) is 0 Å². The van der Waals surface area contributed by atoms with E-state index in [0.29, 0.717) is 0 Å². The van der Waals surface area contributed by atoms with Gasteiger partial charge >= 0.3 is 5.97 Å². The second-order valence-electron chi connectivity index (χ2n) is 5.17. The molecule has 21 heavy (non-hydrogen) atoms. The van der Waals surface area contributed by atoms with Crippen LogP contribution in [0.3, 0.4) is 0 Å². The van der Waals surface area contributed by atoms with E-state index in [-0.39, 0.29) is 16.4 Å². The molecule has 1 aliphatic rings. The third-order valence-corrected chi connectivity index (χ3v) is 6.17. The number of carboxylic acid groups (broad SMARTS) is 1. The molecule has 1 fully saturated rings. The van der Waals surface area contributed by atoms with Gasteiger partial charge in [-0.1, -0.05) is 15.9 Å². The van der Waals surface area contributed by atoms with Crippen LogP contribution in [0.25, 0.3) is 0 Å². The molecule has 1 aromatic rings. The summed E-state index contributed by atoms with van der Waals surface area (Å²) in [6, 6.07) is 1.88. The lowest BCUT2D eigenvalue weighted by Gasteiger charge is -2.24. The molecule has 1 aromatic carbocycles. The fourth-order valence-corrected chi connectivity index (χ4v) is 4.30. The molecule has 1 saturated carbocycles. The van der Waals surface area contributed by atoms with Crippen LogP contribution in [0.4, 0.5) is 4.39 Å². The highest BCUT2D eigenvalue weighted by Gasteiger charge is 2.37. The molecule has 1 aliphatic carbocycles. The molecular formula is C13H15BrFNO4S. The van der Waals surface area contributed by atoms with Crippen LogP contribution < -0.4 is 0 Å². The average Bonchev–Trinajstić information content (AvgIpc) is 3.23. The Morgan fingerprint density at radius 2 is 2.05 bits per heavy atom. The first kappa shape index (κ1) is 16.4. The molecular weight excluding hydrogens is 365 g/mol. The van der Waals surface area contributed by atoms with Gasteiger partial charge in [0, 0.05) is 17.6 Å². The van der Waals surface area contributed by atoms with Gasteiger partial charge in [-0.05, 0) is 37.8 Å². The average molecular weight is 380 g/mol. The number of hydrogen-bond acceptors (Lipinski definition) is 3. The van der Waals surface area contributed by atoms with Crippen LogP contribution in [0.2, 0.25) is 0 Å². The van der Waals surface area contributed by atoms with Crippen molar-refractivity contribution in [2.75, 3.05) is 7.05 Å². The summed E-state index contributed by atoms with van der Waals surface area (Å²) in [5, 5.41) is 8.96. The van der Waals surface area contributed by atoms with E-state index < -0.39 is 32.3 Å². The van der Waals surface area contributed by atoms with Gasteiger partial charge in [-0.15, -0.1) is 0 Å². The zero-order chi connectivity index (χ0) is 15.9. The van der Waals surface area contributed by atoms with Gasteiger partial charge < -0.3 is 5.11 Å². The summed E-state index contributed by atoms with van der Waals surface area (Å²) in [6.45, 7) is 1.77. The number of sulfonamides is 1. The van der Waals surface area contributed by atoms with Gasteiger partial charge in [0.1, 0.15) is 4.90 Å². The summed E-state index contributed by atoms with van der Waals surface area (Å²) in [5.41, 5.74) is -0.671. The maximum atomic E-state index is 14.2. The van der Waals surface area contributed by atoms with Crippen molar-refractivity contribution in [1.29, 1.82) is 0 Å². The Morgan fingerprint density at radius 3 is 2.52 bits per heavy atom. The van der Waals surface area contributed by atoms with Gasteiger partial charge in [-0.25, -0.2) is 17.6 Å². The lowest BCUT2D eigenvalue weighted by Crippen LogP contribution is -2.37. The number of benzene rings is 1. The summed E-state index contributed by atoms with van der Waals surface area (Å²) in [5.74, 6) is -2.47. The molecule has 8 heteroatoms. The number of aromatic carboxylic acids is 1. The number of rotatable bonds is 5. The lowest BCUT2D eigenvalue weighted by atomic mass is 10.2. The second-order valence-corrected chi connectivity index (χ2v) is 8.05. The summed E-state index contributed by atoms with van der Waals surface area (Å²) in [4.78, 5) is 10.4. The summed E-state index contributed by atoms with van der Waals surface area (Å²) in [6.07, 6.45) is 1.89. The Bertz CT molecular complexity index is 688. The van der Waals surface area contributed by atoms with Gasteiger partial charge in [0.15, 0.2) is 5.82 Å². The summed E-state index contributed by atoms with van der Waals surface area (Å²) in [7, 11) is -2.70. The molecule has 1 N–H and O–H groups in total. The molecule has 5 nitrogen and oxygen atoms in total. The Kier molecular flexibility index (Phi) is 4.41. The SMILES string of the molecule is CC(C1CC1)N(C)S(=O)(=O)c1cc(Br)cc(C(=O)O)c1F. The fraction of sp³-hybridized carbons (Fsp3) is 0.462. The molecule has 2 rings (SSSR count). The highest BCUT2D eigenvalue weighted by atomic mass is 79.9. The lowest BCUT2D eigenvalue weighted by molar-refractivity contribution is 0.0691. The van der Waals surface area contributed by atoms with Crippen LogP contribution in [-0.4, -0.2) is 36.9 Å². The van der Waals surface area contributed by atoms with Crippen molar-refractivity contribution in [3.05, 3.63) is 28.0 Å². The van der Waals surface area contributed by atoms with Crippen LogP contribution in [0.15, 0.2) is 21.5 Å². The zero-order valence-corrected chi connectivity index (χ0v) is 13.9. The molecule has 0 amide bonds. The van der Waals surface area contributed by atoms with Crippen LogP contribution in [0, 0.1) is 11.7 Å². The van der Waals surface area contributed by atoms with E-state index in [1.165, 1.54) is 7.05 Å². The molecule has 1 atom stereocenters. The van der Waals surface area contributed by atoms with Crippen LogP contribution >= 0.6 is 15.9 Å². The van der Waals surface area contributed by atoms with Gasteiger partial charge in [-0.2, -0.15) is 4.31 Å². The minimum absolute atomic E-state index is 0.201. The minimum atomic E-state index is -4.09. The van der Waals surface area contributed by atoms with Crippen LogP contribution in [0.5, 0.6) is 0 Å². The molecule has 0 heterocycles. The quantitative estimate of drug-likeness (QED) is 0.853. The maximum Gasteiger partial charge on any atom is 0.338 e. The summed E-state index contributed by atoms with van der Waals surface area (Å²) >= 11 is 3.02. The van der Waals surface area contributed by atoms with Crippen molar-refractivity contribution in [3.8, 4) is 0 Å². The van der Waals surface area contributed by atoms with E-state index in [1.807, 2.05) is 0 Å². The highest BCUT2D eigenvalue weighted by molar-refractivity contribution is 9.10. The highest BCUT2D eigenvalue weighted by Crippen LogP contribution is 2.37. The predicted molar refractivity (Wildman–Crippen MR) is 78.2 cm³/mol. The molecule has 0 spiro atoms. The molecule has 0 aromatic heterocycles. The minimum Gasteiger partial charge on any atom is -0.478 e. The predicted octanol–water partition coefficient (Wildman–Crippen LogP) is 2.71. The van der Waals surface area contributed by atoms with Crippen LogP contribution in [-0.2, 0) is 10.0 Å². The standard InChI is InChI=1S/C13H15BrFNO4S/c1-7(8-3-4-8)16(2)21(19,20)11-6-9(14)5-10(12(11)15)13(17)18/h5-8H,3-4H2,1-2H3,(H,17,18). The normalized spacial score (nSPS) is 17.0. The molecule has 1 unspecified atom stereocenters. The number of carbonyl (C=O) groups is 1. The van der Waals surface area contributed by atoms with E-state index in [9.17, 15) is 17.6 Å². The van der Waals surface area contributed by atoms with E-state index in [0.717, 1.165) is 29.3 Å². The smallest absolute Gasteiger partial charge is 0.338 e. The Morgan fingerprint density at radius 1 is 1.48 bits per heavy atom. The number of carboxylic acids is 1. The van der Waals surface area contributed by atoms with E-state index >= 15 is 0 Å². The van der Waals surface area contributed by atoms with Gasteiger partial charge in [0.25, 0.3) is 0 Å². The van der Waals surface area contributed by atoms with E-state index in [1.54, 1.807) is 6.92 Å². The largest absolute Gasteiger partial charge is 0.478 e. The van der Waals surface area contributed by atoms with Crippen molar-refractivity contribution < 1.29 is 22.7 Å². The fourth-order valence-electron chi connectivity index (χ4n) is 2.16. The van der Waals surface area contributed by atoms with E-state index in [2.05, 4.69) is 15.9 Å². The first-order valence-electron chi connectivity index (χ1n) is 6.36. The third kappa shape index (κ3) is 3.12. The first-order chi connectivity index (χ1) is 9.66.